The molecule has 3 heteroatoms. The molecule has 0 aliphatic carbocycles. The molecule has 0 aliphatic heterocycles. The summed E-state index contributed by atoms with van der Waals surface area (Å²) in [4.78, 5) is 4.27. The van der Waals surface area contributed by atoms with E-state index in [4.69, 9.17) is 0 Å². The zero-order chi connectivity index (χ0) is 10.1. The van der Waals surface area contributed by atoms with Crippen LogP contribution in [0.1, 0.15) is 11.4 Å². The average Bonchev–Trinajstić information content (AvgIpc) is 2.48. The van der Waals surface area contributed by atoms with Gasteiger partial charge in [-0.05, 0) is 32.0 Å². The summed E-state index contributed by atoms with van der Waals surface area (Å²) in [7, 11) is 0. The highest BCUT2D eigenvalue weighted by Gasteiger charge is 2.03. The molecular weight excluding hydrogens is 240 g/mol. The summed E-state index contributed by atoms with van der Waals surface area (Å²) in [6.45, 7) is 4.09. The van der Waals surface area contributed by atoms with Crippen molar-refractivity contribution in [2.75, 3.05) is 0 Å². The van der Waals surface area contributed by atoms with Crippen LogP contribution in [0, 0.1) is 13.8 Å². The fourth-order valence-corrected chi connectivity index (χ4v) is 1.77. The lowest BCUT2D eigenvalue weighted by Crippen LogP contribution is -1.94. The highest BCUT2D eigenvalue weighted by molar-refractivity contribution is 9.10. The van der Waals surface area contributed by atoms with Gasteiger partial charge in [0.25, 0.3) is 0 Å². The van der Waals surface area contributed by atoms with Crippen LogP contribution in [0.4, 0.5) is 0 Å². The van der Waals surface area contributed by atoms with Gasteiger partial charge in [-0.3, -0.25) is 0 Å². The fourth-order valence-electron chi connectivity index (χ4n) is 1.38. The molecule has 0 N–H and O–H groups in total. The van der Waals surface area contributed by atoms with E-state index >= 15 is 0 Å². The van der Waals surface area contributed by atoms with Crippen molar-refractivity contribution >= 4 is 15.9 Å². The third-order valence-electron chi connectivity index (χ3n) is 2.34. The maximum Gasteiger partial charge on any atom is 0.0997 e. The number of imidazole rings is 1. The summed E-state index contributed by atoms with van der Waals surface area (Å²) in [5.41, 5.74) is 3.39. The van der Waals surface area contributed by atoms with Crippen molar-refractivity contribution in [2.45, 2.75) is 13.8 Å². The molecule has 1 aromatic carbocycles. The number of rotatable bonds is 1. The van der Waals surface area contributed by atoms with E-state index in [2.05, 4.69) is 44.5 Å². The van der Waals surface area contributed by atoms with Crippen LogP contribution in [0.2, 0.25) is 0 Å². The third-order valence-corrected chi connectivity index (χ3v) is 2.83. The Morgan fingerprint density at radius 3 is 2.64 bits per heavy atom. The van der Waals surface area contributed by atoms with Gasteiger partial charge in [0.2, 0.25) is 0 Å². The minimum absolute atomic E-state index is 1.07. The minimum atomic E-state index is 1.07. The quantitative estimate of drug-likeness (QED) is 0.760. The van der Waals surface area contributed by atoms with Gasteiger partial charge in [0.1, 0.15) is 0 Å². The van der Waals surface area contributed by atoms with Gasteiger partial charge in [0.05, 0.1) is 12.0 Å². The molecule has 0 fully saturated rings. The molecule has 2 nitrogen and oxygen atoms in total. The minimum Gasteiger partial charge on any atom is -0.303 e. The van der Waals surface area contributed by atoms with Gasteiger partial charge in [-0.25, -0.2) is 4.98 Å². The fraction of sp³-hybridized carbons (Fsp3) is 0.182. The molecule has 0 saturated heterocycles. The van der Waals surface area contributed by atoms with Crippen LogP contribution in [0.15, 0.2) is 35.1 Å². The number of hydrogen-bond acceptors (Lipinski definition) is 1. The molecule has 0 spiro atoms. The lowest BCUT2D eigenvalue weighted by Gasteiger charge is -2.05. The monoisotopic (exact) mass is 250 g/mol. The summed E-state index contributed by atoms with van der Waals surface area (Å²) in [5.74, 6) is 0. The Kier molecular flexibility index (Phi) is 2.42. The highest BCUT2D eigenvalue weighted by Crippen LogP contribution is 2.17. The second-order valence-corrected chi connectivity index (χ2v) is 4.18. The second kappa shape index (κ2) is 3.58. The van der Waals surface area contributed by atoms with Crippen LogP contribution in [0.5, 0.6) is 0 Å². The number of halogens is 1. The van der Waals surface area contributed by atoms with Crippen molar-refractivity contribution in [1.29, 1.82) is 0 Å². The molecule has 2 rings (SSSR count). The number of aryl methyl sites for hydroxylation is 1. The normalized spacial score (nSPS) is 10.5. The van der Waals surface area contributed by atoms with Crippen molar-refractivity contribution in [3.05, 3.63) is 46.5 Å². The van der Waals surface area contributed by atoms with Crippen LogP contribution in [0.3, 0.4) is 0 Å². The van der Waals surface area contributed by atoms with Crippen molar-refractivity contribution < 1.29 is 0 Å². The number of benzene rings is 1. The molecular formula is C11H11BrN2. The Bertz CT molecular complexity index is 460. The Labute approximate surface area is 91.7 Å². The molecule has 0 amide bonds. The van der Waals surface area contributed by atoms with E-state index in [9.17, 15) is 0 Å². The van der Waals surface area contributed by atoms with E-state index in [0.717, 1.165) is 15.9 Å². The van der Waals surface area contributed by atoms with E-state index in [1.165, 1.54) is 5.69 Å². The summed E-state index contributed by atoms with van der Waals surface area (Å²) in [6.07, 6.45) is 1.85. The van der Waals surface area contributed by atoms with Crippen molar-refractivity contribution in [3.63, 3.8) is 0 Å². The summed E-state index contributed by atoms with van der Waals surface area (Å²) >= 11 is 3.46. The predicted octanol–water partition coefficient (Wildman–Crippen LogP) is 3.25. The van der Waals surface area contributed by atoms with Crippen molar-refractivity contribution in [3.8, 4) is 5.69 Å². The van der Waals surface area contributed by atoms with Gasteiger partial charge in [0.15, 0.2) is 0 Å². The predicted molar refractivity (Wildman–Crippen MR) is 60.7 cm³/mol. The lowest BCUT2D eigenvalue weighted by molar-refractivity contribution is 1.000. The van der Waals surface area contributed by atoms with Crippen LogP contribution in [0.25, 0.3) is 5.69 Å². The van der Waals surface area contributed by atoms with Crippen LogP contribution in [-0.4, -0.2) is 9.55 Å². The van der Waals surface area contributed by atoms with Crippen molar-refractivity contribution in [2.24, 2.45) is 0 Å². The first-order chi connectivity index (χ1) is 6.68. The molecule has 0 atom stereocenters. The van der Waals surface area contributed by atoms with Gasteiger partial charge in [-0.2, -0.15) is 0 Å². The van der Waals surface area contributed by atoms with Gasteiger partial charge in [0, 0.05) is 15.9 Å². The highest BCUT2D eigenvalue weighted by atomic mass is 79.9. The molecule has 0 saturated carbocycles. The van der Waals surface area contributed by atoms with Crippen molar-refractivity contribution in [1.82, 2.24) is 9.55 Å². The summed E-state index contributed by atoms with van der Waals surface area (Å²) in [5, 5.41) is 0. The zero-order valence-corrected chi connectivity index (χ0v) is 9.75. The molecule has 14 heavy (non-hydrogen) atoms. The largest absolute Gasteiger partial charge is 0.303 e. The average molecular weight is 251 g/mol. The maximum absolute atomic E-state index is 4.27. The molecule has 0 unspecified atom stereocenters. The van der Waals surface area contributed by atoms with E-state index in [1.54, 1.807) is 0 Å². The molecule has 1 aromatic heterocycles. The first-order valence-electron chi connectivity index (χ1n) is 4.45. The molecule has 0 bridgehead atoms. The topological polar surface area (TPSA) is 17.8 Å². The Morgan fingerprint density at radius 2 is 2.07 bits per heavy atom. The summed E-state index contributed by atoms with van der Waals surface area (Å²) < 4.78 is 3.17. The van der Waals surface area contributed by atoms with Gasteiger partial charge < -0.3 is 4.57 Å². The van der Waals surface area contributed by atoms with Gasteiger partial charge in [-0.1, -0.05) is 22.0 Å². The number of nitrogens with zero attached hydrogens (tertiary/aromatic N) is 2. The maximum atomic E-state index is 4.27. The Balaban J connectivity index is 2.55. The second-order valence-electron chi connectivity index (χ2n) is 3.27. The molecule has 2 aromatic rings. The number of hydrogen-bond donors (Lipinski definition) is 0. The third kappa shape index (κ3) is 1.60. The summed E-state index contributed by atoms with van der Waals surface area (Å²) in [6, 6.07) is 8.18. The standard InChI is InChI=1S/C11H11BrN2/c1-8-9(2)14(7-13-8)11-5-3-4-10(12)6-11/h3-7H,1-2H3. The molecule has 0 radical (unpaired) electrons. The Morgan fingerprint density at radius 1 is 1.29 bits per heavy atom. The first kappa shape index (κ1) is 9.46. The van der Waals surface area contributed by atoms with E-state index in [-0.39, 0.29) is 0 Å². The van der Waals surface area contributed by atoms with Gasteiger partial charge in [-0.15, -0.1) is 0 Å². The smallest absolute Gasteiger partial charge is 0.0997 e. The van der Waals surface area contributed by atoms with Gasteiger partial charge >= 0.3 is 0 Å². The van der Waals surface area contributed by atoms with E-state index in [0.29, 0.717) is 0 Å². The zero-order valence-electron chi connectivity index (χ0n) is 8.16. The van der Waals surface area contributed by atoms with Crippen LogP contribution >= 0.6 is 15.9 Å². The molecule has 72 valence electrons. The first-order valence-corrected chi connectivity index (χ1v) is 5.24. The SMILES string of the molecule is Cc1ncn(-c2cccc(Br)c2)c1C. The van der Waals surface area contributed by atoms with E-state index < -0.39 is 0 Å². The molecule has 0 aliphatic rings. The van der Waals surface area contributed by atoms with E-state index in [1.807, 2.05) is 25.4 Å². The number of aromatic nitrogens is 2. The van der Waals surface area contributed by atoms with Crippen LogP contribution < -0.4 is 0 Å². The van der Waals surface area contributed by atoms with Crippen LogP contribution in [-0.2, 0) is 0 Å². The lowest BCUT2D eigenvalue weighted by atomic mass is 10.3. The Hall–Kier alpha value is -1.09. The molecule has 1 heterocycles.